The second kappa shape index (κ2) is 11.3. The Labute approximate surface area is 189 Å². The molecule has 3 aromatic rings. The van der Waals surface area contributed by atoms with Crippen molar-refractivity contribution in [1.82, 2.24) is 35.2 Å². The zero-order valence-electron chi connectivity index (χ0n) is 19.7. The average molecular weight is 439 g/mol. The Kier molecular flexibility index (Phi) is 8.24. The highest BCUT2D eigenvalue weighted by molar-refractivity contribution is 5.79. The summed E-state index contributed by atoms with van der Waals surface area (Å²) in [4.78, 5) is 4.72. The van der Waals surface area contributed by atoms with Crippen molar-refractivity contribution in [2.24, 2.45) is 12.0 Å². The predicted octanol–water partition coefficient (Wildman–Crippen LogP) is 2.31. The van der Waals surface area contributed by atoms with E-state index in [4.69, 9.17) is 9.73 Å². The van der Waals surface area contributed by atoms with E-state index in [0.29, 0.717) is 6.54 Å². The van der Waals surface area contributed by atoms with Gasteiger partial charge >= 0.3 is 0 Å². The van der Waals surface area contributed by atoms with Gasteiger partial charge in [-0.05, 0) is 57.4 Å². The standard InChI is InChI=1S/C23H34N8O/c1-17-15-18(2)31(29-17)14-6-12-24-23(26-16-22-28-27-19(3)30(22)4)25-13-11-20-7-9-21(32-5)10-8-20/h7-10,15H,6,11-14,16H2,1-5H3,(H2,24,25,26). The van der Waals surface area contributed by atoms with Crippen molar-refractivity contribution in [3.63, 3.8) is 0 Å². The number of guanidine groups is 1. The second-order valence-corrected chi connectivity index (χ2v) is 7.84. The van der Waals surface area contributed by atoms with Crippen molar-refractivity contribution in [1.29, 1.82) is 0 Å². The average Bonchev–Trinajstić information content (AvgIpc) is 3.29. The summed E-state index contributed by atoms with van der Waals surface area (Å²) < 4.78 is 9.24. The normalized spacial score (nSPS) is 11.6. The number of aromatic nitrogens is 5. The van der Waals surface area contributed by atoms with E-state index in [0.717, 1.165) is 61.5 Å². The zero-order valence-corrected chi connectivity index (χ0v) is 19.7. The molecule has 0 aliphatic rings. The molecule has 2 N–H and O–H groups in total. The first kappa shape index (κ1) is 23.3. The molecule has 9 heteroatoms. The number of nitrogens with zero attached hydrogens (tertiary/aromatic N) is 6. The summed E-state index contributed by atoms with van der Waals surface area (Å²) in [6, 6.07) is 10.2. The molecule has 9 nitrogen and oxygen atoms in total. The molecule has 0 amide bonds. The van der Waals surface area contributed by atoms with Crippen LogP contribution in [0.15, 0.2) is 35.3 Å². The molecule has 0 unspecified atom stereocenters. The van der Waals surface area contributed by atoms with Gasteiger partial charge in [0.05, 0.1) is 12.8 Å². The van der Waals surface area contributed by atoms with Crippen molar-refractivity contribution in [3.8, 4) is 5.75 Å². The smallest absolute Gasteiger partial charge is 0.191 e. The van der Waals surface area contributed by atoms with Crippen LogP contribution in [0.1, 0.15) is 35.0 Å². The number of rotatable bonds is 10. The third-order valence-corrected chi connectivity index (χ3v) is 5.37. The van der Waals surface area contributed by atoms with Gasteiger partial charge in [0.15, 0.2) is 11.8 Å². The summed E-state index contributed by atoms with van der Waals surface area (Å²) in [5, 5.41) is 19.7. The molecule has 0 fully saturated rings. The number of nitrogens with one attached hydrogen (secondary N) is 2. The van der Waals surface area contributed by atoms with E-state index < -0.39 is 0 Å². The molecule has 0 saturated heterocycles. The molecule has 172 valence electrons. The van der Waals surface area contributed by atoms with Crippen LogP contribution in [-0.4, -0.2) is 50.7 Å². The summed E-state index contributed by atoms with van der Waals surface area (Å²) in [5.41, 5.74) is 3.48. The van der Waals surface area contributed by atoms with Crippen LogP contribution in [0.5, 0.6) is 5.75 Å². The predicted molar refractivity (Wildman–Crippen MR) is 126 cm³/mol. The lowest BCUT2D eigenvalue weighted by atomic mass is 10.1. The monoisotopic (exact) mass is 438 g/mol. The third kappa shape index (κ3) is 6.57. The van der Waals surface area contributed by atoms with Crippen LogP contribution in [0.25, 0.3) is 0 Å². The van der Waals surface area contributed by atoms with Crippen LogP contribution < -0.4 is 15.4 Å². The Morgan fingerprint density at radius 2 is 1.81 bits per heavy atom. The summed E-state index contributed by atoms with van der Waals surface area (Å²) in [6.07, 6.45) is 1.84. The van der Waals surface area contributed by atoms with Gasteiger partial charge in [-0.3, -0.25) is 4.68 Å². The molecule has 2 heterocycles. The molecule has 2 aromatic heterocycles. The Bertz CT molecular complexity index is 1020. The van der Waals surface area contributed by atoms with Crippen LogP contribution in [0.3, 0.4) is 0 Å². The van der Waals surface area contributed by atoms with Gasteiger partial charge in [0, 0.05) is 32.4 Å². The van der Waals surface area contributed by atoms with Gasteiger partial charge in [0.2, 0.25) is 0 Å². The highest BCUT2D eigenvalue weighted by Gasteiger charge is 2.06. The number of aryl methyl sites for hydroxylation is 4. The van der Waals surface area contributed by atoms with Crippen molar-refractivity contribution >= 4 is 5.96 Å². The topological polar surface area (TPSA) is 94.2 Å². The van der Waals surface area contributed by atoms with Crippen LogP contribution in [-0.2, 0) is 26.6 Å². The summed E-state index contributed by atoms with van der Waals surface area (Å²) >= 11 is 0. The largest absolute Gasteiger partial charge is 0.497 e. The minimum Gasteiger partial charge on any atom is -0.497 e. The summed E-state index contributed by atoms with van der Waals surface area (Å²) in [6.45, 7) is 8.95. The highest BCUT2D eigenvalue weighted by atomic mass is 16.5. The minimum atomic E-state index is 0.465. The molecular formula is C23H34N8O. The third-order valence-electron chi connectivity index (χ3n) is 5.37. The summed E-state index contributed by atoms with van der Waals surface area (Å²) in [7, 11) is 3.64. The lowest BCUT2D eigenvalue weighted by molar-refractivity contribution is 0.414. The molecule has 32 heavy (non-hydrogen) atoms. The van der Waals surface area contributed by atoms with Crippen LogP contribution in [0.4, 0.5) is 0 Å². The van der Waals surface area contributed by atoms with E-state index in [2.05, 4.69) is 51.1 Å². The Morgan fingerprint density at radius 3 is 2.44 bits per heavy atom. The highest BCUT2D eigenvalue weighted by Crippen LogP contribution is 2.11. The van der Waals surface area contributed by atoms with Gasteiger partial charge in [-0.2, -0.15) is 5.10 Å². The first-order valence-corrected chi connectivity index (χ1v) is 11.0. The van der Waals surface area contributed by atoms with Crippen molar-refractivity contribution in [3.05, 3.63) is 58.9 Å². The van der Waals surface area contributed by atoms with Gasteiger partial charge < -0.3 is 19.9 Å². The number of benzene rings is 1. The van der Waals surface area contributed by atoms with Gasteiger partial charge in [-0.25, -0.2) is 4.99 Å². The zero-order chi connectivity index (χ0) is 22.9. The fourth-order valence-electron chi connectivity index (χ4n) is 3.37. The van der Waals surface area contributed by atoms with Crippen LogP contribution in [0, 0.1) is 20.8 Å². The van der Waals surface area contributed by atoms with E-state index in [9.17, 15) is 0 Å². The fraction of sp³-hybridized carbons (Fsp3) is 0.478. The van der Waals surface area contributed by atoms with Crippen LogP contribution in [0.2, 0.25) is 0 Å². The van der Waals surface area contributed by atoms with E-state index in [1.165, 1.54) is 11.3 Å². The molecule has 0 spiro atoms. The first-order valence-electron chi connectivity index (χ1n) is 11.0. The molecule has 0 saturated carbocycles. The molecule has 0 aliphatic carbocycles. The molecule has 3 rings (SSSR count). The lowest BCUT2D eigenvalue weighted by Gasteiger charge is -2.13. The van der Waals surface area contributed by atoms with E-state index in [1.54, 1.807) is 7.11 Å². The van der Waals surface area contributed by atoms with Crippen LogP contribution >= 0.6 is 0 Å². The summed E-state index contributed by atoms with van der Waals surface area (Å²) in [5.74, 6) is 3.35. The van der Waals surface area contributed by atoms with Gasteiger partial charge in [0.25, 0.3) is 0 Å². The maximum atomic E-state index is 5.23. The van der Waals surface area contributed by atoms with E-state index in [1.807, 2.05) is 42.3 Å². The van der Waals surface area contributed by atoms with Gasteiger partial charge in [0.1, 0.15) is 18.1 Å². The molecule has 1 aromatic carbocycles. The first-order chi connectivity index (χ1) is 15.5. The Balaban J connectivity index is 1.54. The number of ether oxygens (including phenoxy) is 1. The molecule has 0 aliphatic heterocycles. The van der Waals surface area contributed by atoms with Crippen molar-refractivity contribution in [2.45, 2.75) is 46.7 Å². The van der Waals surface area contributed by atoms with Gasteiger partial charge in [-0.15, -0.1) is 10.2 Å². The molecular weight excluding hydrogens is 404 g/mol. The van der Waals surface area contributed by atoms with Gasteiger partial charge in [-0.1, -0.05) is 12.1 Å². The number of hydrogen-bond donors (Lipinski definition) is 2. The minimum absolute atomic E-state index is 0.465. The quantitative estimate of drug-likeness (QED) is 0.287. The SMILES string of the molecule is COc1ccc(CCNC(=NCc2nnc(C)n2C)NCCCn2nc(C)cc2C)cc1. The Hall–Kier alpha value is -3.36. The van der Waals surface area contributed by atoms with Crippen molar-refractivity contribution < 1.29 is 4.74 Å². The maximum Gasteiger partial charge on any atom is 0.191 e. The molecule has 0 atom stereocenters. The van der Waals surface area contributed by atoms with Crippen molar-refractivity contribution in [2.75, 3.05) is 20.2 Å². The Morgan fingerprint density at radius 1 is 1.06 bits per heavy atom. The molecule has 0 bridgehead atoms. The number of aliphatic imine (C=N–C) groups is 1. The molecule has 0 radical (unpaired) electrons. The van der Waals surface area contributed by atoms with E-state index in [-0.39, 0.29) is 0 Å². The second-order valence-electron chi connectivity index (χ2n) is 7.84. The van der Waals surface area contributed by atoms with E-state index >= 15 is 0 Å². The number of methoxy groups -OCH3 is 1. The maximum absolute atomic E-state index is 5.23. The fourth-order valence-corrected chi connectivity index (χ4v) is 3.37. The number of hydrogen-bond acceptors (Lipinski definition) is 5. The lowest BCUT2D eigenvalue weighted by Crippen LogP contribution is -2.39.